The fourth-order valence-electron chi connectivity index (χ4n) is 8.27. The molecule has 2 saturated carbocycles. The molecule has 2 bridgehead atoms. The Morgan fingerprint density at radius 2 is 1.61 bits per heavy atom. The molecule has 1 aromatic rings. The first kappa shape index (κ1) is 42.3. The summed E-state index contributed by atoms with van der Waals surface area (Å²) in [4.78, 5) is 97.2. The fourth-order valence-corrected chi connectivity index (χ4v) is 8.27. The van der Waals surface area contributed by atoms with Gasteiger partial charge in [0.1, 0.15) is 18.1 Å². The van der Waals surface area contributed by atoms with E-state index in [1.807, 2.05) is 41.5 Å². The van der Waals surface area contributed by atoms with Crippen LogP contribution in [0.1, 0.15) is 91.7 Å². The number of likely N-dealkylation sites (N-methyl/N-ethyl adjacent to an activating group) is 1. The van der Waals surface area contributed by atoms with E-state index < -0.39 is 65.7 Å². The first-order chi connectivity index (χ1) is 25.4. The van der Waals surface area contributed by atoms with E-state index >= 15 is 0 Å². The molecule has 3 aliphatic rings. The highest BCUT2D eigenvalue weighted by molar-refractivity contribution is 6.38. The summed E-state index contributed by atoms with van der Waals surface area (Å²) in [5.74, 6) is -3.15. The third-order valence-electron chi connectivity index (χ3n) is 11.0. The van der Waals surface area contributed by atoms with Crippen LogP contribution in [0.4, 0.5) is 4.79 Å². The average molecular weight is 753 g/mol. The summed E-state index contributed by atoms with van der Waals surface area (Å²) < 4.78 is 5.35. The standard InChI is InChI=1S/C40H60N6O8/c1-9-10-16-28(33(48)36(50)41-20-29(47)43-31(37(51)45(7)8)24-14-12-11-13-15-24)42-35(49)32-30-26-18-17-25(19-26)27(30)21-46(32)38(52)34(40(4,5)6)44-39(53)54-22-23(2)3/h11-15,23,25-28,30-32,34H,9-10,16-22H2,1-8H3,(H,41,50)(H,42,49)(H,43,47)(H,44,53)/t25-,26-,27-,28?,30+,31?,32+,34-/m1/s1. The fraction of sp³-hybridized carbons (Fsp3) is 0.675. The lowest BCUT2D eigenvalue weighted by molar-refractivity contribution is -0.145. The maximum Gasteiger partial charge on any atom is 0.407 e. The predicted octanol–water partition coefficient (Wildman–Crippen LogP) is 2.96. The number of Topliss-reactive ketones (excluding diaryl/α,β-unsaturated/α-hetero) is 1. The van der Waals surface area contributed by atoms with E-state index in [1.54, 1.807) is 49.3 Å². The summed E-state index contributed by atoms with van der Waals surface area (Å²) in [5.41, 5.74) is -0.154. The van der Waals surface area contributed by atoms with Crippen LogP contribution in [0.15, 0.2) is 30.3 Å². The number of ketones is 1. The third-order valence-corrected chi connectivity index (χ3v) is 11.0. The Balaban J connectivity index is 1.49. The van der Waals surface area contributed by atoms with Crippen LogP contribution in [-0.4, -0.2) is 103 Å². The molecule has 4 rings (SSSR count). The Kier molecular flexibility index (Phi) is 14.3. The number of carbonyl (C=O) groups excluding carboxylic acids is 7. The molecule has 8 atom stereocenters. The zero-order chi connectivity index (χ0) is 39.9. The molecule has 14 heteroatoms. The molecule has 6 amide bonds. The van der Waals surface area contributed by atoms with Gasteiger partial charge in [-0.25, -0.2) is 4.79 Å². The van der Waals surface area contributed by atoms with Crippen LogP contribution in [0.25, 0.3) is 0 Å². The van der Waals surface area contributed by atoms with Crippen molar-refractivity contribution < 1.29 is 38.3 Å². The zero-order valence-corrected chi connectivity index (χ0v) is 33.1. The van der Waals surface area contributed by atoms with Gasteiger partial charge in [-0.3, -0.25) is 28.8 Å². The molecule has 4 N–H and O–H groups in total. The highest BCUT2D eigenvalue weighted by Gasteiger charge is 2.60. The van der Waals surface area contributed by atoms with Crippen molar-refractivity contribution in [2.75, 3.05) is 33.8 Å². The van der Waals surface area contributed by atoms with Crippen LogP contribution in [0.5, 0.6) is 0 Å². The smallest absolute Gasteiger partial charge is 0.407 e. The Morgan fingerprint density at radius 1 is 0.944 bits per heavy atom. The quantitative estimate of drug-likeness (QED) is 0.186. The van der Waals surface area contributed by atoms with Crippen molar-refractivity contribution in [2.45, 2.75) is 104 Å². The van der Waals surface area contributed by atoms with Crippen LogP contribution < -0.4 is 21.3 Å². The average Bonchev–Trinajstić information content (AvgIpc) is 3.85. The molecule has 14 nitrogen and oxygen atoms in total. The molecule has 2 unspecified atom stereocenters. The monoisotopic (exact) mass is 752 g/mol. The first-order valence-corrected chi connectivity index (χ1v) is 19.4. The lowest BCUT2D eigenvalue weighted by Crippen LogP contribution is -2.60. The van der Waals surface area contributed by atoms with Gasteiger partial charge >= 0.3 is 6.09 Å². The van der Waals surface area contributed by atoms with E-state index in [4.69, 9.17) is 4.74 Å². The third kappa shape index (κ3) is 10.2. The van der Waals surface area contributed by atoms with E-state index in [-0.39, 0.29) is 48.5 Å². The number of unbranched alkanes of at least 4 members (excludes halogenated alkanes) is 1. The minimum absolute atomic E-state index is 0.106. The number of likely N-dealkylation sites (tertiary alicyclic amines) is 1. The highest BCUT2D eigenvalue weighted by atomic mass is 16.5. The van der Waals surface area contributed by atoms with Gasteiger partial charge in [-0.05, 0) is 66.3 Å². The lowest BCUT2D eigenvalue weighted by Gasteiger charge is -2.37. The first-order valence-electron chi connectivity index (χ1n) is 19.4. The van der Waals surface area contributed by atoms with E-state index in [1.165, 1.54) is 4.90 Å². The highest BCUT2D eigenvalue weighted by Crippen LogP contribution is 2.57. The Hall–Kier alpha value is -4.49. The number of benzene rings is 1. The number of hydrogen-bond acceptors (Lipinski definition) is 8. The number of amides is 6. The van der Waals surface area contributed by atoms with Crippen LogP contribution in [0, 0.1) is 35.0 Å². The largest absolute Gasteiger partial charge is 0.449 e. The number of fused-ring (bicyclic) bond motifs is 5. The minimum Gasteiger partial charge on any atom is -0.449 e. The number of ether oxygens (including phenoxy) is 1. The zero-order valence-electron chi connectivity index (χ0n) is 33.1. The summed E-state index contributed by atoms with van der Waals surface area (Å²) in [6.45, 7) is 11.3. The molecule has 2 aliphatic carbocycles. The lowest BCUT2D eigenvalue weighted by atomic mass is 9.78. The molecular formula is C40H60N6O8. The number of nitrogens with one attached hydrogen (secondary N) is 4. The van der Waals surface area contributed by atoms with Gasteiger partial charge in [-0.1, -0.05) is 84.7 Å². The minimum atomic E-state index is -1.19. The second-order valence-corrected chi connectivity index (χ2v) is 16.8. The van der Waals surface area contributed by atoms with E-state index in [2.05, 4.69) is 21.3 Å². The molecular weight excluding hydrogens is 692 g/mol. The van der Waals surface area contributed by atoms with Crippen molar-refractivity contribution in [3.05, 3.63) is 35.9 Å². The van der Waals surface area contributed by atoms with Gasteiger partial charge in [0.2, 0.25) is 29.4 Å². The molecule has 1 saturated heterocycles. The van der Waals surface area contributed by atoms with Gasteiger partial charge in [0.05, 0.1) is 19.2 Å². The topological polar surface area (TPSA) is 183 Å². The Labute approximate surface area is 319 Å². The van der Waals surface area contributed by atoms with Crippen molar-refractivity contribution in [3.8, 4) is 0 Å². The molecule has 3 fully saturated rings. The summed E-state index contributed by atoms with van der Waals surface area (Å²) in [6.07, 6.45) is 3.68. The van der Waals surface area contributed by atoms with Crippen molar-refractivity contribution in [1.29, 1.82) is 0 Å². The predicted molar refractivity (Wildman–Crippen MR) is 201 cm³/mol. The van der Waals surface area contributed by atoms with Gasteiger partial charge in [0.25, 0.3) is 5.91 Å². The van der Waals surface area contributed by atoms with Gasteiger partial charge in [-0.15, -0.1) is 0 Å². The maximum atomic E-state index is 14.4. The maximum absolute atomic E-state index is 14.4. The van der Waals surface area contributed by atoms with Crippen LogP contribution in [-0.2, 0) is 33.5 Å². The summed E-state index contributed by atoms with van der Waals surface area (Å²) in [6, 6.07) is 4.63. The summed E-state index contributed by atoms with van der Waals surface area (Å²) in [7, 11) is 3.14. The van der Waals surface area contributed by atoms with Crippen molar-refractivity contribution in [2.24, 2.45) is 35.0 Å². The second-order valence-electron chi connectivity index (χ2n) is 16.8. The van der Waals surface area contributed by atoms with Gasteiger partial charge in [0.15, 0.2) is 0 Å². The number of nitrogens with zero attached hydrogens (tertiary/aromatic N) is 2. The number of hydrogen-bond donors (Lipinski definition) is 4. The SMILES string of the molecule is CCCCC(NC(=O)[C@@H]1[C@H]2[C@@H]3CC[C@H](C3)[C@H]2CN1C(=O)[C@@H](NC(=O)OCC(C)C)C(C)(C)C)C(=O)C(=O)NCC(=O)NC(C(=O)N(C)C)c1ccccc1. The molecule has 1 aromatic carbocycles. The van der Waals surface area contributed by atoms with Crippen molar-refractivity contribution >= 4 is 41.4 Å². The van der Waals surface area contributed by atoms with E-state index in [0.717, 1.165) is 19.3 Å². The van der Waals surface area contributed by atoms with Gasteiger partial charge < -0.3 is 35.8 Å². The summed E-state index contributed by atoms with van der Waals surface area (Å²) >= 11 is 0. The normalized spacial score (nSPS) is 23.1. The molecule has 298 valence electrons. The molecule has 0 aromatic heterocycles. The molecule has 1 aliphatic heterocycles. The Bertz CT molecular complexity index is 1540. The van der Waals surface area contributed by atoms with Crippen LogP contribution in [0.2, 0.25) is 0 Å². The number of rotatable bonds is 16. The summed E-state index contributed by atoms with van der Waals surface area (Å²) in [5, 5.41) is 10.6. The van der Waals surface area contributed by atoms with Gasteiger partial charge in [-0.2, -0.15) is 0 Å². The molecule has 1 heterocycles. The number of carbonyl (C=O) groups is 7. The van der Waals surface area contributed by atoms with Crippen molar-refractivity contribution in [3.63, 3.8) is 0 Å². The molecule has 54 heavy (non-hydrogen) atoms. The van der Waals surface area contributed by atoms with E-state index in [0.29, 0.717) is 30.9 Å². The van der Waals surface area contributed by atoms with Crippen LogP contribution in [0.3, 0.4) is 0 Å². The second kappa shape index (κ2) is 18.2. The Morgan fingerprint density at radius 3 is 2.22 bits per heavy atom. The van der Waals surface area contributed by atoms with Crippen molar-refractivity contribution in [1.82, 2.24) is 31.1 Å². The molecule has 0 radical (unpaired) electrons. The van der Waals surface area contributed by atoms with E-state index in [9.17, 15) is 33.6 Å². The van der Waals surface area contributed by atoms with Gasteiger partial charge in [0, 0.05) is 20.6 Å². The van der Waals surface area contributed by atoms with Crippen LogP contribution >= 0.6 is 0 Å². The number of alkyl carbamates (subject to hydrolysis) is 1. The molecule has 0 spiro atoms.